The summed E-state index contributed by atoms with van der Waals surface area (Å²) >= 11 is 0. The van der Waals surface area contributed by atoms with Crippen LogP contribution in [0.5, 0.6) is 5.88 Å². The zero-order valence-corrected chi connectivity index (χ0v) is 18.7. The third-order valence-corrected chi connectivity index (χ3v) is 4.64. The quantitative estimate of drug-likeness (QED) is 0.368. The van der Waals surface area contributed by atoms with E-state index >= 15 is 0 Å². The summed E-state index contributed by atoms with van der Waals surface area (Å²) in [5.74, 6) is 0.0111. The van der Waals surface area contributed by atoms with Crippen LogP contribution >= 0.6 is 0 Å². The monoisotopic (exact) mass is 499 g/mol. The SMILES string of the molecule is CC(C)C[N-]Cc1ccc(C(F)(F)F)c(-n2cnc(-c3ccc(OCC(F)(F)F)nc3)cc2=O)c1. The van der Waals surface area contributed by atoms with E-state index in [1.165, 1.54) is 24.3 Å². The van der Waals surface area contributed by atoms with E-state index in [4.69, 9.17) is 0 Å². The van der Waals surface area contributed by atoms with Crippen LogP contribution in [0.3, 0.4) is 0 Å². The summed E-state index contributed by atoms with van der Waals surface area (Å²) < 4.78 is 82.9. The minimum Gasteiger partial charge on any atom is -0.658 e. The molecule has 3 aromatic rings. The first-order valence-electron chi connectivity index (χ1n) is 10.4. The van der Waals surface area contributed by atoms with Gasteiger partial charge in [-0.05, 0) is 18.2 Å². The molecule has 1 aromatic carbocycles. The molecule has 0 saturated heterocycles. The molecule has 12 heteroatoms. The van der Waals surface area contributed by atoms with Gasteiger partial charge < -0.3 is 10.1 Å². The fourth-order valence-corrected chi connectivity index (χ4v) is 3.08. The standard InChI is InChI=1S/C23H21F6N4O2/c1-14(2)9-30-10-15-3-5-17(23(27,28)29)19(7-15)33-13-32-18(8-21(33)34)16-4-6-20(31-11-16)35-12-22(24,25)26/h3-8,11,13-14H,9-10,12H2,1-2H3/q-1. The molecule has 0 N–H and O–H groups in total. The summed E-state index contributed by atoms with van der Waals surface area (Å²) in [7, 11) is 0. The topological polar surface area (TPSA) is 71.1 Å². The van der Waals surface area contributed by atoms with Gasteiger partial charge in [0.25, 0.3) is 5.56 Å². The molecule has 3 rings (SSSR count). The van der Waals surface area contributed by atoms with Crippen molar-refractivity contribution in [2.45, 2.75) is 32.7 Å². The average Bonchev–Trinajstić information content (AvgIpc) is 2.76. The van der Waals surface area contributed by atoms with Crippen molar-refractivity contribution in [2.24, 2.45) is 5.92 Å². The van der Waals surface area contributed by atoms with Crippen LogP contribution < -0.4 is 10.3 Å². The zero-order valence-electron chi connectivity index (χ0n) is 18.7. The second-order valence-electron chi connectivity index (χ2n) is 8.08. The Morgan fingerprint density at radius 2 is 1.77 bits per heavy atom. The molecule has 0 spiro atoms. The fraction of sp³-hybridized carbons (Fsp3) is 0.348. The van der Waals surface area contributed by atoms with Crippen LogP contribution in [0.15, 0.2) is 53.7 Å². The molecular formula is C23H21F6N4O2-. The van der Waals surface area contributed by atoms with Gasteiger partial charge in [-0.1, -0.05) is 31.4 Å². The Morgan fingerprint density at radius 1 is 1.03 bits per heavy atom. The Labute approximate surface area is 196 Å². The Bertz CT molecular complexity index is 1200. The molecule has 0 fully saturated rings. The Kier molecular flexibility index (Phi) is 7.83. The predicted octanol–water partition coefficient (Wildman–Crippen LogP) is 5.78. The van der Waals surface area contributed by atoms with Crippen molar-refractivity contribution in [2.75, 3.05) is 13.2 Å². The molecular weight excluding hydrogens is 478 g/mol. The molecule has 2 aromatic heterocycles. The van der Waals surface area contributed by atoms with Crippen LogP contribution in [-0.4, -0.2) is 33.9 Å². The zero-order chi connectivity index (χ0) is 25.8. The molecule has 0 unspecified atom stereocenters. The maximum Gasteiger partial charge on any atom is 0.422 e. The van der Waals surface area contributed by atoms with Crippen molar-refractivity contribution in [3.05, 3.63) is 75.7 Å². The molecule has 0 aliphatic rings. The number of alkyl halides is 6. The first-order valence-corrected chi connectivity index (χ1v) is 10.4. The number of pyridine rings is 1. The van der Waals surface area contributed by atoms with Crippen LogP contribution in [0.2, 0.25) is 0 Å². The lowest BCUT2D eigenvalue weighted by molar-refractivity contribution is -0.154. The van der Waals surface area contributed by atoms with Crippen molar-refractivity contribution in [3.63, 3.8) is 0 Å². The molecule has 0 saturated carbocycles. The number of hydrogen-bond donors (Lipinski definition) is 0. The Hall–Kier alpha value is -3.41. The van der Waals surface area contributed by atoms with E-state index in [-0.39, 0.29) is 29.4 Å². The molecule has 0 bridgehead atoms. The predicted molar refractivity (Wildman–Crippen MR) is 116 cm³/mol. The van der Waals surface area contributed by atoms with E-state index in [9.17, 15) is 31.1 Å². The van der Waals surface area contributed by atoms with E-state index in [1.54, 1.807) is 0 Å². The van der Waals surface area contributed by atoms with Crippen molar-refractivity contribution in [1.82, 2.24) is 14.5 Å². The molecule has 35 heavy (non-hydrogen) atoms. The van der Waals surface area contributed by atoms with Gasteiger partial charge in [0.05, 0.1) is 16.9 Å². The normalized spacial score (nSPS) is 12.3. The van der Waals surface area contributed by atoms with Gasteiger partial charge in [-0.2, -0.15) is 26.3 Å². The summed E-state index contributed by atoms with van der Waals surface area (Å²) in [6, 6.07) is 6.99. The van der Waals surface area contributed by atoms with Gasteiger partial charge in [0.15, 0.2) is 6.61 Å². The lowest BCUT2D eigenvalue weighted by Gasteiger charge is -2.23. The molecule has 0 aliphatic carbocycles. The van der Waals surface area contributed by atoms with Gasteiger partial charge in [-0.3, -0.25) is 9.36 Å². The lowest BCUT2D eigenvalue weighted by atomic mass is 10.1. The highest BCUT2D eigenvalue weighted by molar-refractivity contribution is 5.58. The first kappa shape index (κ1) is 26.2. The highest BCUT2D eigenvalue weighted by atomic mass is 19.4. The lowest BCUT2D eigenvalue weighted by Crippen LogP contribution is -2.22. The van der Waals surface area contributed by atoms with Gasteiger partial charge in [0.2, 0.25) is 5.88 Å². The largest absolute Gasteiger partial charge is 0.658 e. The maximum atomic E-state index is 13.6. The number of benzene rings is 1. The Morgan fingerprint density at radius 3 is 2.34 bits per heavy atom. The van der Waals surface area contributed by atoms with Crippen molar-refractivity contribution >= 4 is 0 Å². The van der Waals surface area contributed by atoms with Crippen molar-refractivity contribution in [3.8, 4) is 22.8 Å². The van der Waals surface area contributed by atoms with Crippen LogP contribution in [0.4, 0.5) is 26.3 Å². The average molecular weight is 499 g/mol. The number of aromatic nitrogens is 3. The minimum absolute atomic E-state index is 0.0813. The van der Waals surface area contributed by atoms with E-state index in [2.05, 4.69) is 20.0 Å². The molecule has 0 amide bonds. The van der Waals surface area contributed by atoms with Gasteiger partial charge in [-0.15, -0.1) is 13.1 Å². The van der Waals surface area contributed by atoms with Crippen LogP contribution in [-0.2, 0) is 12.7 Å². The number of nitrogens with zero attached hydrogens (tertiary/aromatic N) is 4. The van der Waals surface area contributed by atoms with Gasteiger partial charge in [0, 0.05) is 23.9 Å². The van der Waals surface area contributed by atoms with Gasteiger partial charge >= 0.3 is 12.4 Å². The van der Waals surface area contributed by atoms with Crippen LogP contribution in [0, 0.1) is 5.92 Å². The minimum atomic E-state index is -4.71. The van der Waals surface area contributed by atoms with Crippen LogP contribution in [0.1, 0.15) is 25.0 Å². The highest BCUT2D eigenvalue weighted by Crippen LogP contribution is 2.34. The number of ether oxygens (including phenoxy) is 1. The van der Waals surface area contributed by atoms with Crippen LogP contribution in [0.25, 0.3) is 22.3 Å². The number of hydrogen-bond acceptors (Lipinski definition) is 4. The molecule has 0 atom stereocenters. The number of rotatable bonds is 8. The van der Waals surface area contributed by atoms with E-state index in [0.29, 0.717) is 18.0 Å². The highest BCUT2D eigenvalue weighted by Gasteiger charge is 2.34. The molecule has 2 heterocycles. The summed E-state index contributed by atoms with van der Waals surface area (Å²) in [5, 5.41) is 4.31. The second kappa shape index (κ2) is 10.5. The molecule has 0 aliphatic heterocycles. The van der Waals surface area contributed by atoms with Crippen molar-refractivity contribution in [1.29, 1.82) is 0 Å². The molecule has 0 radical (unpaired) electrons. The van der Waals surface area contributed by atoms with Gasteiger partial charge in [-0.25, -0.2) is 9.97 Å². The third kappa shape index (κ3) is 7.28. The van der Waals surface area contributed by atoms with Gasteiger partial charge in [0.1, 0.15) is 6.33 Å². The van der Waals surface area contributed by atoms with E-state index in [0.717, 1.165) is 29.2 Å². The first-order chi connectivity index (χ1) is 16.3. The van der Waals surface area contributed by atoms with E-state index < -0.39 is 30.1 Å². The summed E-state index contributed by atoms with van der Waals surface area (Å²) in [6.07, 6.45) is -7.13. The van der Waals surface area contributed by atoms with Crippen molar-refractivity contribution < 1.29 is 31.1 Å². The maximum absolute atomic E-state index is 13.6. The smallest absolute Gasteiger partial charge is 0.422 e. The number of halogens is 6. The molecule has 188 valence electrons. The Balaban J connectivity index is 1.90. The summed E-state index contributed by atoms with van der Waals surface area (Å²) in [5.41, 5.74) is -1.32. The summed E-state index contributed by atoms with van der Waals surface area (Å²) in [4.78, 5) is 20.5. The third-order valence-electron chi connectivity index (χ3n) is 4.64. The van der Waals surface area contributed by atoms with E-state index in [1.807, 2.05) is 13.8 Å². The molecule has 6 nitrogen and oxygen atoms in total. The summed E-state index contributed by atoms with van der Waals surface area (Å²) in [6.45, 7) is 3.15. The fourth-order valence-electron chi connectivity index (χ4n) is 3.08. The second-order valence-corrected chi connectivity index (χ2v) is 8.08.